The van der Waals surface area contributed by atoms with Gasteiger partial charge in [-0.05, 0) is 24.5 Å². The van der Waals surface area contributed by atoms with Crippen molar-refractivity contribution in [3.05, 3.63) is 39.6 Å². The Morgan fingerprint density at radius 1 is 1.22 bits per heavy atom. The average molecular weight is 284 g/mol. The molecule has 1 aromatic heterocycles. The molecule has 0 N–H and O–H groups in total. The Kier molecular flexibility index (Phi) is 3.93. The van der Waals surface area contributed by atoms with Crippen LogP contribution < -0.4 is 0 Å². The molecular weight excluding hydrogens is 269 g/mol. The zero-order chi connectivity index (χ0) is 13.3. The Morgan fingerprint density at radius 3 is 2.33 bits per heavy atom. The molecule has 1 aromatic carbocycles. The van der Waals surface area contributed by atoms with Gasteiger partial charge < -0.3 is 0 Å². The standard InChI is InChI=1S/C13H15Cl2N3/c1-4-11-12(8(2)3)16-17-18(11)13-9(14)6-5-7-10(13)15/h5-8H,4H2,1-3H3. The monoisotopic (exact) mass is 283 g/mol. The van der Waals surface area contributed by atoms with Crippen molar-refractivity contribution in [2.24, 2.45) is 0 Å². The van der Waals surface area contributed by atoms with Crippen LogP contribution in [0.25, 0.3) is 5.69 Å². The second-order valence-corrected chi connectivity index (χ2v) is 5.23. The van der Waals surface area contributed by atoms with Gasteiger partial charge in [0.15, 0.2) is 0 Å². The molecular formula is C13H15Cl2N3. The zero-order valence-electron chi connectivity index (χ0n) is 10.6. The highest BCUT2D eigenvalue weighted by molar-refractivity contribution is 6.37. The molecule has 5 heteroatoms. The summed E-state index contributed by atoms with van der Waals surface area (Å²) in [4.78, 5) is 0. The van der Waals surface area contributed by atoms with E-state index in [0.717, 1.165) is 17.8 Å². The van der Waals surface area contributed by atoms with Crippen LogP contribution >= 0.6 is 23.2 Å². The third kappa shape index (κ3) is 2.25. The zero-order valence-corrected chi connectivity index (χ0v) is 12.1. The Hall–Kier alpha value is -1.06. The third-order valence-corrected chi connectivity index (χ3v) is 3.43. The second-order valence-electron chi connectivity index (χ2n) is 4.41. The molecule has 0 amide bonds. The molecule has 18 heavy (non-hydrogen) atoms. The summed E-state index contributed by atoms with van der Waals surface area (Å²) in [7, 11) is 0. The van der Waals surface area contributed by atoms with Crippen LogP contribution in [0.2, 0.25) is 10.0 Å². The molecule has 0 aliphatic heterocycles. The number of hydrogen-bond donors (Lipinski definition) is 0. The van der Waals surface area contributed by atoms with Gasteiger partial charge in [0.2, 0.25) is 0 Å². The lowest BCUT2D eigenvalue weighted by Crippen LogP contribution is -2.04. The van der Waals surface area contributed by atoms with Crippen molar-refractivity contribution >= 4 is 23.2 Å². The highest BCUT2D eigenvalue weighted by Crippen LogP contribution is 2.30. The minimum Gasteiger partial charge on any atom is -0.214 e. The number of rotatable bonds is 3. The molecule has 0 bridgehead atoms. The van der Waals surface area contributed by atoms with Crippen molar-refractivity contribution in [2.45, 2.75) is 33.1 Å². The molecule has 0 spiro atoms. The molecule has 96 valence electrons. The average Bonchev–Trinajstić information content (AvgIpc) is 2.72. The van der Waals surface area contributed by atoms with Gasteiger partial charge in [0.05, 0.1) is 21.4 Å². The van der Waals surface area contributed by atoms with Gasteiger partial charge in [0.1, 0.15) is 5.69 Å². The topological polar surface area (TPSA) is 30.7 Å². The van der Waals surface area contributed by atoms with Gasteiger partial charge in [-0.3, -0.25) is 0 Å². The van der Waals surface area contributed by atoms with E-state index in [1.165, 1.54) is 0 Å². The van der Waals surface area contributed by atoms with Gasteiger partial charge in [-0.15, -0.1) is 5.10 Å². The minimum absolute atomic E-state index is 0.329. The first-order valence-corrected chi connectivity index (χ1v) is 6.70. The van der Waals surface area contributed by atoms with Gasteiger partial charge in [0, 0.05) is 0 Å². The highest BCUT2D eigenvalue weighted by Gasteiger charge is 2.18. The molecule has 0 unspecified atom stereocenters. The third-order valence-electron chi connectivity index (χ3n) is 2.82. The fraction of sp³-hybridized carbons (Fsp3) is 0.385. The molecule has 0 aliphatic rings. The summed E-state index contributed by atoms with van der Waals surface area (Å²) in [6, 6.07) is 5.43. The lowest BCUT2D eigenvalue weighted by atomic mass is 10.1. The van der Waals surface area contributed by atoms with E-state index in [-0.39, 0.29) is 0 Å². The van der Waals surface area contributed by atoms with E-state index in [1.54, 1.807) is 16.8 Å². The first-order chi connectivity index (χ1) is 8.56. The van der Waals surface area contributed by atoms with Crippen LogP contribution in [-0.2, 0) is 6.42 Å². The number of hydrogen-bond acceptors (Lipinski definition) is 2. The molecule has 2 rings (SSSR count). The Balaban J connectivity index is 2.65. The van der Waals surface area contributed by atoms with E-state index >= 15 is 0 Å². The number of para-hydroxylation sites is 1. The second kappa shape index (κ2) is 5.29. The lowest BCUT2D eigenvalue weighted by molar-refractivity contribution is 0.766. The van der Waals surface area contributed by atoms with Crippen LogP contribution in [0.5, 0.6) is 0 Å². The molecule has 2 aromatic rings. The molecule has 1 heterocycles. The largest absolute Gasteiger partial charge is 0.214 e. The molecule has 0 radical (unpaired) electrons. The molecule has 0 aliphatic carbocycles. The molecule has 0 atom stereocenters. The molecule has 0 fully saturated rings. The van der Waals surface area contributed by atoms with Gasteiger partial charge in [0.25, 0.3) is 0 Å². The summed E-state index contributed by atoms with van der Waals surface area (Å²) in [6.07, 6.45) is 0.835. The number of halogens is 2. The van der Waals surface area contributed by atoms with Crippen LogP contribution in [0.4, 0.5) is 0 Å². The van der Waals surface area contributed by atoms with Gasteiger partial charge in [-0.2, -0.15) is 0 Å². The first-order valence-electron chi connectivity index (χ1n) is 5.95. The highest BCUT2D eigenvalue weighted by atomic mass is 35.5. The maximum absolute atomic E-state index is 6.21. The quantitative estimate of drug-likeness (QED) is 0.843. The fourth-order valence-corrected chi connectivity index (χ4v) is 2.52. The lowest BCUT2D eigenvalue weighted by Gasteiger charge is -2.10. The van der Waals surface area contributed by atoms with Crippen LogP contribution in [-0.4, -0.2) is 15.0 Å². The number of aromatic nitrogens is 3. The fourth-order valence-electron chi connectivity index (χ4n) is 1.96. The molecule has 0 saturated carbocycles. The summed E-state index contributed by atoms with van der Waals surface area (Å²) in [5, 5.41) is 9.60. The van der Waals surface area contributed by atoms with Crippen LogP contribution in [0, 0.1) is 0 Å². The smallest absolute Gasteiger partial charge is 0.104 e. The van der Waals surface area contributed by atoms with Gasteiger partial charge in [-0.1, -0.05) is 55.3 Å². The van der Waals surface area contributed by atoms with Crippen molar-refractivity contribution in [2.75, 3.05) is 0 Å². The Morgan fingerprint density at radius 2 is 1.83 bits per heavy atom. The predicted octanol–water partition coefficient (Wildman–Crippen LogP) is 4.26. The summed E-state index contributed by atoms with van der Waals surface area (Å²) in [5.74, 6) is 0.329. The van der Waals surface area contributed by atoms with E-state index < -0.39 is 0 Å². The summed E-state index contributed by atoms with van der Waals surface area (Å²) in [5.41, 5.74) is 2.76. The Bertz CT molecular complexity index is 541. The van der Waals surface area contributed by atoms with E-state index in [1.807, 2.05) is 6.07 Å². The summed E-state index contributed by atoms with van der Waals surface area (Å²) in [6.45, 7) is 6.27. The first kappa shape index (κ1) is 13.4. The number of nitrogens with zero attached hydrogens (tertiary/aromatic N) is 3. The van der Waals surface area contributed by atoms with Crippen molar-refractivity contribution in [3.8, 4) is 5.69 Å². The number of benzene rings is 1. The maximum atomic E-state index is 6.21. The van der Waals surface area contributed by atoms with Gasteiger partial charge >= 0.3 is 0 Å². The minimum atomic E-state index is 0.329. The normalized spacial score (nSPS) is 11.2. The summed E-state index contributed by atoms with van der Waals surface area (Å²) < 4.78 is 1.75. The predicted molar refractivity (Wildman–Crippen MR) is 74.8 cm³/mol. The van der Waals surface area contributed by atoms with Crippen LogP contribution in [0.1, 0.15) is 38.1 Å². The molecule has 0 saturated heterocycles. The van der Waals surface area contributed by atoms with E-state index in [0.29, 0.717) is 21.7 Å². The van der Waals surface area contributed by atoms with Gasteiger partial charge in [-0.25, -0.2) is 4.68 Å². The van der Waals surface area contributed by atoms with Crippen LogP contribution in [0.15, 0.2) is 18.2 Å². The van der Waals surface area contributed by atoms with Crippen molar-refractivity contribution in [1.29, 1.82) is 0 Å². The van der Waals surface area contributed by atoms with Crippen LogP contribution in [0.3, 0.4) is 0 Å². The van der Waals surface area contributed by atoms with Crippen molar-refractivity contribution in [1.82, 2.24) is 15.0 Å². The van der Waals surface area contributed by atoms with E-state index in [2.05, 4.69) is 31.1 Å². The van der Waals surface area contributed by atoms with Crippen molar-refractivity contribution in [3.63, 3.8) is 0 Å². The Labute approximate surface area is 117 Å². The molecule has 3 nitrogen and oxygen atoms in total. The van der Waals surface area contributed by atoms with Crippen molar-refractivity contribution < 1.29 is 0 Å². The maximum Gasteiger partial charge on any atom is 0.104 e. The summed E-state index contributed by atoms with van der Waals surface area (Å²) >= 11 is 12.4. The van der Waals surface area contributed by atoms with E-state index in [4.69, 9.17) is 23.2 Å². The SMILES string of the molecule is CCc1c(C(C)C)nnn1-c1c(Cl)cccc1Cl. The van der Waals surface area contributed by atoms with E-state index in [9.17, 15) is 0 Å².